The second kappa shape index (κ2) is 13.8. The van der Waals surface area contributed by atoms with E-state index in [1.54, 1.807) is 7.11 Å². The highest BCUT2D eigenvalue weighted by molar-refractivity contribution is 9.10. The number of rotatable bonds is 9. The van der Waals surface area contributed by atoms with E-state index in [0.29, 0.717) is 16.0 Å². The van der Waals surface area contributed by atoms with E-state index in [1.165, 1.54) is 23.1 Å². The number of halogens is 1. The number of carbonyl (C=O) groups excluding carboxylic acids is 1. The van der Waals surface area contributed by atoms with Gasteiger partial charge in [0, 0.05) is 26.0 Å². The summed E-state index contributed by atoms with van der Waals surface area (Å²) < 4.78 is 6.40. The Morgan fingerprint density at radius 3 is 2.46 bits per heavy atom. The molecule has 3 N–H and O–H groups in total. The van der Waals surface area contributed by atoms with Gasteiger partial charge in [-0.1, -0.05) is 76.6 Å². The lowest BCUT2D eigenvalue weighted by molar-refractivity contribution is -0.115. The number of para-hydroxylation sites is 2. The number of nitrogens with one attached hydrogen (secondary N) is 3. The third-order valence-electron chi connectivity index (χ3n) is 5.92. The first-order valence-electron chi connectivity index (χ1n) is 12.5. The van der Waals surface area contributed by atoms with Crippen LogP contribution < -0.4 is 20.7 Å². The van der Waals surface area contributed by atoms with Crippen LogP contribution in [0, 0.1) is 0 Å². The average Bonchev–Trinajstić information content (AvgIpc) is 3.45. The Morgan fingerprint density at radius 2 is 1.68 bits per heavy atom. The SMILES string of the molecule is COc1ccccc1NC(=S)Nc1cccc(SC(C(=O)Nc2nc(-c3ccc(Br)cc3)cs2)c2ccccc2)c1. The highest BCUT2D eigenvalue weighted by atomic mass is 79.9. The van der Waals surface area contributed by atoms with E-state index < -0.39 is 5.25 Å². The summed E-state index contributed by atoms with van der Waals surface area (Å²) in [5.41, 5.74) is 4.27. The van der Waals surface area contributed by atoms with Crippen molar-refractivity contribution in [2.75, 3.05) is 23.1 Å². The lowest BCUT2D eigenvalue weighted by Gasteiger charge is -2.17. The molecule has 5 aromatic rings. The zero-order valence-corrected chi connectivity index (χ0v) is 25.9. The molecule has 0 spiro atoms. The Kier molecular flexibility index (Phi) is 9.68. The minimum absolute atomic E-state index is 0.148. The van der Waals surface area contributed by atoms with Crippen LogP contribution in [0.3, 0.4) is 0 Å². The molecule has 0 saturated carbocycles. The molecule has 1 heterocycles. The lowest BCUT2D eigenvalue weighted by Crippen LogP contribution is -2.20. The number of methoxy groups -OCH3 is 1. The standard InChI is InChI=1S/C31H25BrN4O2S3/c1-38-27-13-6-5-12-25(27)34-30(39)33-23-10-7-11-24(18-23)41-28(21-8-3-2-4-9-21)29(37)36-31-35-26(19-40-31)20-14-16-22(32)17-15-20/h2-19,28H,1H3,(H2,33,34,39)(H,35,36,37). The molecule has 0 aliphatic heterocycles. The predicted octanol–water partition coefficient (Wildman–Crippen LogP) is 8.86. The fourth-order valence-electron chi connectivity index (χ4n) is 3.97. The zero-order chi connectivity index (χ0) is 28.6. The summed E-state index contributed by atoms with van der Waals surface area (Å²) in [5.74, 6) is 0.548. The van der Waals surface area contributed by atoms with Gasteiger partial charge >= 0.3 is 0 Å². The molecule has 1 aromatic heterocycles. The van der Waals surface area contributed by atoms with Crippen molar-refractivity contribution >= 4 is 78.8 Å². The van der Waals surface area contributed by atoms with Crippen molar-refractivity contribution in [1.29, 1.82) is 0 Å². The highest BCUT2D eigenvalue weighted by Gasteiger charge is 2.23. The number of hydrogen-bond acceptors (Lipinski definition) is 6. The number of amides is 1. The number of hydrogen-bond donors (Lipinski definition) is 3. The number of thioether (sulfide) groups is 1. The van der Waals surface area contributed by atoms with E-state index in [1.807, 2.05) is 109 Å². The van der Waals surface area contributed by atoms with Gasteiger partial charge in [-0.25, -0.2) is 4.98 Å². The minimum Gasteiger partial charge on any atom is -0.495 e. The van der Waals surface area contributed by atoms with Crippen molar-refractivity contribution in [3.8, 4) is 17.0 Å². The van der Waals surface area contributed by atoms with E-state index in [-0.39, 0.29) is 5.91 Å². The summed E-state index contributed by atoms with van der Waals surface area (Å²) in [5, 5.41) is 11.9. The second-order valence-corrected chi connectivity index (χ2v) is 12.1. The summed E-state index contributed by atoms with van der Waals surface area (Å²) in [6.45, 7) is 0. The van der Waals surface area contributed by atoms with Gasteiger partial charge in [-0.05, 0) is 60.2 Å². The molecule has 0 aliphatic carbocycles. The van der Waals surface area contributed by atoms with Gasteiger partial charge in [0.05, 0.1) is 18.5 Å². The van der Waals surface area contributed by atoms with Gasteiger partial charge in [-0.2, -0.15) is 0 Å². The van der Waals surface area contributed by atoms with Gasteiger partial charge in [0.25, 0.3) is 0 Å². The maximum absolute atomic E-state index is 13.6. The second-order valence-electron chi connectivity index (χ2n) is 8.75. The maximum Gasteiger partial charge on any atom is 0.244 e. The number of aromatic nitrogens is 1. The Hall–Kier alpha value is -3.70. The smallest absolute Gasteiger partial charge is 0.244 e. The summed E-state index contributed by atoms with van der Waals surface area (Å²) in [6, 6.07) is 33.0. The molecule has 0 fully saturated rings. The Bertz CT molecular complexity index is 1650. The molecule has 6 nitrogen and oxygen atoms in total. The molecule has 206 valence electrons. The number of benzene rings is 4. The van der Waals surface area contributed by atoms with Crippen LogP contribution in [0.15, 0.2) is 118 Å². The lowest BCUT2D eigenvalue weighted by atomic mass is 10.1. The van der Waals surface area contributed by atoms with Crippen LogP contribution in [0.1, 0.15) is 10.8 Å². The molecular weight excluding hydrogens is 636 g/mol. The monoisotopic (exact) mass is 660 g/mol. The quantitative estimate of drug-likeness (QED) is 0.108. The van der Waals surface area contributed by atoms with E-state index >= 15 is 0 Å². The van der Waals surface area contributed by atoms with E-state index in [9.17, 15) is 4.79 Å². The van der Waals surface area contributed by atoms with Gasteiger partial charge in [0.1, 0.15) is 11.0 Å². The van der Waals surface area contributed by atoms with E-state index in [2.05, 4.69) is 36.9 Å². The first kappa shape index (κ1) is 28.8. The van der Waals surface area contributed by atoms with Crippen molar-refractivity contribution in [2.45, 2.75) is 10.1 Å². The molecule has 0 aliphatic rings. The molecule has 0 radical (unpaired) electrons. The Labute approximate surface area is 260 Å². The predicted molar refractivity (Wildman–Crippen MR) is 178 cm³/mol. The topological polar surface area (TPSA) is 75.3 Å². The van der Waals surface area contributed by atoms with Crippen molar-refractivity contribution in [1.82, 2.24) is 4.98 Å². The first-order chi connectivity index (χ1) is 20.0. The molecule has 1 atom stereocenters. The summed E-state index contributed by atoms with van der Waals surface area (Å²) >= 11 is 11.9. The molecule has 1 unspecified atom stereocenters. The molecule has 41 heavy (non-hydrogen) atoms. The van der Waals surface area contributed by atoms with Crippen LogP contribution in [0.2, 0.25) is 0 Å². The normalized spacial score (nSPS) is 11.4. The van der Waals surface area contributed by atoms with Crippen LogP contribution in [-0.2, 0) is 4.79 Å². The summed E-state index contributed by atoms with van der Waals surface area (Å²) in [4.78, 5) is 19.2. The fraction of sp³-hybridized carbons (Fsp3) is 0.0645. The van der Waals surface area contributed by atoms with E-state index in [4.69, 9.17) is 17.0 Å². The minimum atomic E-state index is -0.495. The highest BCUT2D eigenvalue weighted by Crippen LogP contribution is 2.38. The Morgan fingerprint density at radius 1 is 0.927 bits per heavy atom. The van der Waals surface area contributed by atoms with Gasteiger partial charge in [-0.15, -0.1) is 23.1 Å². The van der Waals surface area contributed by atoms with Crippen molar-refractivity contribution in [3.63, 3.8) is 0 Å². The summed E-state index contributed by atoms with van der Waals surface area (Å²) in [6.07, 6.45) is 0. The van der Waals surface area contributed by atoms with Gasteiger partial charge in [-0.3, -0.25) is 4.79 Å². The van der Waals surface area contributed by atoms with Crippen LogP contribution in [-0.4, -0.2) is 23.1 Å². The number of anilines is 3. The molecule has 10 heteroatoms. The number of thiocarbonyl (C=S) groups is 1. The van der Waals surface area contributed by atoms with Gasteiger partial charge in [0.15, 0.2) is 10.2 Å². The fourth-order valence-corrected chi connectivity index (χ4v) is 6.27. The maximum atomic E-state index is 13.6. The van der Waals surface area contributed by atoms with Crippen LogP contribution in [0.4, 0.5) is 16.5 Å². The Balaban J connectivity index is 1.30. The third-order valence-corrected chi connectivity index (χ3v) is 8.65. The molecule has 0 bridgehead atoms. The number of ether oxygens (including phenoxy) is 1. The van der Waals surface area contributed by atoms with Crippen LogP contribution in [0.5, 0.6) is 5.75 Å². The third kappa shape index (κ3) is 7.74. The van der Waals surface area contributed by atoms with Crippen LogP contribution >= 0.6 is 51.2 Å². The number of carbonyl (C=O) groups is 1. The largest absolute Gasteiger partial charge is 0.495 e. The molecule has 4 aromatic carbocycles. The van der Waals surface area contributed by atoms with Gasteiger partial charge in [0.2, 0.25) is 5.91 Å². The van der Waals surface area contributed by atoms with Crippen molar-refractivity contribution < 1.29 is 9.53 Å². The number of thiazole rings is 1. The molecule has 5 rings (SSSR count). The number of nitrogens with zero attached hydrogens (tertiary/aromatic N) is 1. The average molecular weight is 662 g/mol. The summed E-state index contributed by atoms with van der Waals surface area (Å²) in [7, 11) is 1.62. The van der Waals surface area contributed by atoms with Crippen LogP contribution in [0.25, 0.3) is 11.3 Å². The molecule has 0 saturated heterocycles. The van der Waals surface area contributed by atoms with Crippen molar-refractivity contribution in [2.24, 2.45) is 0 Å². The van der Waals surface area contributed by atoms with E-state index in [0.717, 1.165) is 37.6 Å². The molecular formula is C31H25BrN4O2S3. The zero-order valence-electron chi connectivity index (χ0n) is 21.8. The first-order valence-corrected chi connectivity index (χ1v) is 15.5. The van der Waals surface area contributed by atoms with Gasteiger partial charge < -0.3 is 20.7 Å². The van der Waals surface area contributed by atoms with Crippen molar-refractivity contribution in [3.05, 3.63) is 119 Å². The molecule has 1 amide bonds.